The Morgan fingerprint density at radius 2 is 2.10 bits per heavy atom. The second-order valence-corrected chi connectivity index (χ2v) is 6.90. The van der Waals surface area contributed by atoms with Gasteiger partial charge >= 0.3 is 0 Å². The highest BCUT2D eigenvalue weighted by Crippen LogP contribution is 2.40. The number of pyridine rings is 1. The molecule has 0 radical (unpaired) electrons. The predicted octanol–water partition coefficient (Wildman–Crippen LogP) is 1.61. The predicted molar refractivity (Wildman–Crippen MR) is 76.8 cm³/mol. The monoisotopic (exact) mass is 304 g/mol. The number of aromatic nitrogens is 3. The first-order valence-electron chi connectivity index (χ1n) is 6.78. The molecule has 110 valence electrons. The molecule has 1 saturated carbocycles. The fraction of sp³-hybridized carbons (Fsp3) is 0.357. The van der Waals surface area contributed by atoms with Gasteiger partial charge in [0.05, 0.1) is 6.04 Å². The standard InChI is InChI=1S/C14H16N4O2S/c1-10-6-8-16-14(17-10)13(11-4-5-11)18-21(19,20)12-3-2-7-15-9-12/h2-3,6-9,11,13,18H,4-5H2,1H3/t13-/m1/s1. The molecule has 7 heteroatoms. The minimum atomic E-state index is -3.62. The van der Waals surface area contributed by atoms with E-state index in [4.69, 9.17) is 0 Å². The molecule has 0 spiro atoms. The maximum absolute atomic E-state index is 12.4. The van der Waals surface area contributed by atoms with Crippen molar-refractivity contribution in [1.29, 1.82) is 0 Å². The Bertz CT molecular complexity index is 730. The van der Waals surface area contributed by atoms with Gasteiger partial charge in [0, 0.05) is 24.3 Å². The first-order chi connectivity index (χ1) is 10.1. The molecule has 1 aliphatic rings. The van der Waals surface area contributed by atoms with Crippen LogP contribution in [0.5, 0.6) is 0 Å². The normalized spacial score (nSPS) is 16.6. The summed E-state index contributed by atoms with van der Waals surface area (Å²) in [5, 5.41) is 0. The molecule has 6 nitrogen and oxygen atoms in total. The van der Waals surface area contributed by atoms with Crippen LogP contribution in [-0.2, 0) is 10.0 Å². The lowest BCUT2D eigenvalue weighted by Crippen LogP contribution is -2.31. The number of hydrogen-bond acceptors (Lipinski definition) is 5. The van der Waals surface area contributed by atoms with Crippen LogP contribution >= 0.6 is 0 Å². The van der Waals surface area contributed by atoms with Crippen LogP contribution in [0.4, 0.5) is 0 Å². The van der Waals surface area contributed by atoms with Crippen molar-refractivity contribution < 1.29 is 8.42 Å². The number of aryl methyl sites for hydroxylation is 1. The van der Waals surface area contributed by atoms with Crippen LogP contribution in [0.1, 0.15) is 30.4 Å². The van der Waals surface area contributed by atoms with E-state index < -0.39 is 10.0 Å². The fourth-order valence-corrected chi connectivity index (χ4v) is 3.37. The van der Waals surface area contributed by atoms with Crippen LogP contribution in [0.25, 0.3) is 0 Å². The topological polar surface area (TPSA) is 84.8 Å². The van der Waals surface area contributed by atoms with Gasteiger partial charge in [0.2, 0.25) is 10.0 Å². The maximum atomic E-state index is 12.4. The van der Waals surface area contributed by atoms with Crippen molar-refractivity contribution in [3.8, 4) is 0 Å². The van der Waals surface area contributed by atoms with E-state index in [1.807, 2.05) is 6.92 Å². The van der Waals surface area contributed by atoms with E-state index in [0.29, 0.717) is 5.82 Å². The van der Waals surface area contributed by atoms with Gasteiger partial charge in [-0.1, -0.05) is 0 Å². The third-order valence-electron chi connectivity index (χ3n) is 3.41. The second-order valence-electron chi connectivity index (χ2n) is 5.18. The van der Waals surface area contributed by atoms with E-state index in [1.165, 1.54) is 12.3 Å². The van der Waals surface area contributed by atoms with E-state index in [2.05, 4.69) is 19.7 Å². The average Bonchev–Trinajstić information content (AvgIpc) is 3.30. The SMILES string of the molecule is Cc1ccnc([C@H](NS(=O)(=O)c2cccnc2)C2CC2)n1. The first-order valence-corrected chi connectivity index (χ1v) is 8.26. The van der Waals surface area contributed by atoms with Gasteiger partial charge in [0.25, 0.3) is 0 Å². The molecule has 2 aromatic heterocycles. The molecule has 0 aromatic carbocycles. The van der Waals surface area contributed by atoms with Gasteiger partial charge in [-0.2, -0.15) is 0 Å². The molecule has 0 amide bonds. The van der Waals surface area contributed by atoms with E-state index in [1.54, 1.807) is 24.5 Å². The molecular formula is C14H16N4O2S. The Morgan fingerprint density at radius 3 is 2.71 bits per heavy atom. The summed E-state index contributed by atoms with van der Waals surface area (Å²) in [4.78, 5) is 12.6. The Balaban J connectivity index is 1.90. The molecule has 21 heavy (non-hydrogen) atoms. The molecule has 1 fully saturated rings. The molecule has 0 unspecified atom stereocenters. The van der Waals surface area contributed by atoms with Crippen molar-refractivity contribution >= 4 is 10.0 Å². The van der Waals surface area contributed by atoms with Crippen LogP contribution in [0.3, 0.4) is 0 Å². The van der Waals surface area contributed by atoms with Gasteiger partial charge < -0.3 is 0 Å². The summed E-state index contributed by atoms with van der Waals surface area (Å²) < 4.78 is 27.6. The van der Waals surface area contributed by atoms with Crippen LogP contribution < -0.4 is 4.72 Å². The Morgan fingerprint density at radius 1 is 1.29 bits per heavy atom. The number of rotatable bonds is 5. The van der Waals surface area contributed by atoms with Crippen LogP contribution in [0.2, 0.25) is 0 Å². The first kappa shape index (κ1) is 14.1. The molecule has 0 aliphatic heterocycles. The highest BCUT2D eigenvalue weighted by molar-refractivity contribution is 7.89. The van der Waals surface area contributed by atoms with Crippen molar-refractivity contribution in [1.82, 2.24) is 19.7 Å². The smallest absolute Gasteiger partial charge is 0.242 e. The van der Waals surface area contributed by atoms with Gasteiger partial charge in [0.15, 0.2) is 0 Å². The highest BCUT2D eigenvalue weighted by atomic mass is 32.2. The van der Waals surface area contributed by atoms with Crippen molar-refractivity contribution in [3.05, 3.63) is 48.3 Å². The van der Waals surface area contributed by atoms with E-state index in [9.17, 15) is 8.42 Å². The van der Waals surface area contributed by atoms with Gasteiger partial charge in [-0.15, -0.1) is 0 Å². The zero-order chi connectivity index (χ0) is 14.9. The molecule has 1 N–H and O–H groups in total. The fourth-order valence-electron chi connectivity index (χ4n) is 2.15. The molecule has 2 aromatic rings. The summed E-state index contributed by atoms with van der Waals surface area (Å²) >= 11 is 0. The summed E-state index contributed by atoms with van der Waals surface area (Å²) in [5.41, 5.74) is 0.825. The number of sulfonamides is 1. The number of hydrogen-bond donors (Lipinski definition) is 1. The average molecular weight is 304 g/mol. The Hall–Kier alpha value is -1.86. The Labute approximate surface area is 123 Å². The molecular weight excluding hydrogens is 288 g/mol. The summed E-state index contributed by atoms with van der Waals surface area (Å²) in [6, 6.07) is 4.54. The van der Waals surface area contributed by atoms with Crippen molar-refractivity contribution in [2.75, 3.05) is 0 Å². The lowest BCUT2D eigenvalue weighted by atomic mass is 10.2. The minimum Gasteiger partial charge on any atom is -0.263 e. The molecule has 1 atom stereocenters. The van der Waals surface area contributed by atoms with Crippen LogP contribution in [-0.4, -0.2) is 23.4 Å². The largest absolute Gasteiger partial charge is 0.263 e. The molecule has 3 rings (SSSR count). The van der Waals surface area contributed by atoms with Crippen LogP contribution in [0.15, 0.2) is 41.7 Å². The van der Waals surface area contributed by atoms with E-state index >= 15 is 0 Å². The van der Waals surface area contributed by atoms with Crippen molar-refractivity contribution in [2.45, 2.75) is 30.7 Å². The summed E-state index contributed by atoms with van der Waals surface area (Å²) in [5.74, 6) is 0.795. The van der Waals surface area contributed by atoms with Crippen molar-refractivity contribution in [2.24, 2.45) is 5.92 Å². The molecule has 1 aliphatic carbocycles. The number of nitrogens with one attached hydrogen (secondary N) is 1. The van der Waals surface area contributed by atoms with Crippen molar-refractivity contribution in [3.63, 3.8) is 0 Å². The summed E-state index contributed by atoms with van der Waals surface area (Å²) in [6.07, 6.45) is 6.50. The molecule has 0 bridgehead atoms. The van der Waals surface area contributed by atoms with E-state index in [0.717, 1.165) is 18.5 Å². The third-order valence-corrected chi connectivity index (χ3v) is 4.84. The summed E-state index contributed by atoms with van der Waals surface area (Å²) in [6.45, 7) is 1.87. The second kappa shape index (κ2) is 5.50. The number of nitrogens with zero attached hydrogens (tertiary/aromatic N) is 3. The van der Waals surface area contributed by atoms with Gasteiger partial charge in [-0.3, -0.25) is 4.98 Å². The van der Waals surface area contributed by atoms with Gasteiger partial charge in [0.1, 0.15) is 10.7 Å². The molecule has 0 saturated heterocycles. The van der Waals surface area contributed by atoms with Gasteiger partial charge in [-0.05, 0) is 43.9 Å². The maximum Gasteiger partial charge on any atom is 0.242 e. The Kier molecular flexibility index (Phi) is 3.69. The lowest BCUT2D eigenvalue weighted by Gasteiger charge is -2.17. The zero-order valence-electron chi connectivity index (χ0n) is 11.6. The quantitative estimate of drug-likeness (QED) is 0.907. The highest BCUT2D eigenvalue weighted by Gasteiger charge is 2.37. The van der Waals surface area contributed by atoms with Crippen LogP contribution in [0, 0.1) is 12.8 Å². The minimum absolute atomic E-state index is 0.156. The zero-order valence-corrected chi connectivity index (χ0v) is 12.4. The lowest BCUT2D eigenvalue weighted by molar-refractivity contribution is 0.509. The summed E-state index contributed by atoms with van der Waals surface area (Å²) in [7, 11) is -3.62. The van der Waals surface area contributed by atoms with Gasteiger partial charge in [-0.25, -0.2) is 23.1 Å². The third kappa shape index (κ3) is 3.25. The molecule has 2 heterocycles. The van der Waals surface area contributed by atoms with E-state index in [-0.39, 0.29) is 16.9 Å².